The summed E-state index contributed by atoms with van der Waals surface area (Å²) in [6.45, 7) is 10.4. The first-order chi connectivity index (χ1) is 8.69. The van der Waals surface area contributed by atoms with Crippen molar-refractivity contribution in [2.24, 2.45) is 0 Å². The summed E-state index contributed by atoms with van der Waals surface area (Å²) in [5.74, 6) is 1.77. The smallest absolute Gasteiger partial charge is 0.144 e. The Bertz CT molecular complexity index is 357. The predicted octanol–water partition coefficient (Wildman–Crippen LogP) is 1.69. The predicted molar refractivity (Wildman–Crippen MR) is 73.8 cm³/mol. The molecule has 18 heavy (non-hydrogen) atoms. The van der Waals surface area contributed by atoms with Crippen molar-refractivity contribution in [1.29, 1.82) is 0 Å². The Morgan fingerprint density at radius 2 is 2.11 bits per heavy atom. The van der Waals surface area contributed by atoms with Gasteiger partial charge in [0.25, 0.3) is 0 Å². The van der Waals surface area contributed by atoms with E-state index in [1.165, 1.54) is 0 Å². The summed E-state index contributed by atoms with van der Waals surface area (Å²) in [6, 6.07) is 1.97. The van der Waals surface area contributed by atoms with E-state index in [4.69, 9.17) is 4.74 Å². The van der Waals surface area contributed by atoms with E-state index in [9.17, 15) is 0 Å². The number of aryl methyl sites for hydroxylation is 1. The van der Waals surface area contributed by atoms with Gasteiger partial charge in [0.1, 0.15) is 11.6 Å². The summed E-state index contributed by atoms with van der Waals surface area (Å²) in [4.78, 5) is 11.3. The van der Waals surface area contributed by atoms with E-state index in [0.717, 1.165) is 50.1 Å². The highest BCUT2D eigenvalue weighted by atomic mass is 16.5. The van der Waals surface area contributed by atoms with Gasteiger partial charge in [-0.05, 0) is 20.4 Å². The van der Waals surface area contributed by atoms with E-state index in [1.54, 1.807) is 7.11 Å². The van der Waals surface area contributed by atoms with Crippen LogP contribution in [0.4, 0.5) is 5.82 Å². The van der Waals surface area contributed by atoms with Crippen molar-refractivity contribution in [3.05, 3.63) is 17.6 Å². The zero-order valence-corrected chi connectivity index (χ0v) is 11.9. The van der Waals surface area contributed by atoms with Gasteiger partial charge in [-0.2, -0.15) is 0 Å². The standard InChI is InChI=1S/C13H24N4O/c1-5-14-12-9-11(3)15-13(16-12)10-17(6-2)7-8-18-4/h9H,5-8,10H2,1-4H3,(H,14,15,16). The maximum absolute atomic E-state index is 5.10. The van der Waals surface area contributed by atoms with Crippen LogP contribution in [0.25, 0.3) is 0 Å². The second kappa shape index (κ2) is 8.00. The van der Waals surface area contributed by atoms with Crippen molar-refractivity contribution in [1.82, 2.24) is 14.9 Å². The van der Waals surface area contributed by atoms with E-state index in [-0.39, 0.29) is 0 Å². The van der Waals surface area contributed by atoms with Gasteiger partial charge in [0.15, 0.2) is 0 Å². The molecular formula is C13H24N4O. The molecule has 1 N–H and O–H groups in total. The molecule has 0 unspecified atom stereocenters. The largest absolute Gasteiger partial charge is 0.383 e. The number of rotatable bonds is 8. The normalized spacial score (nSPS) is 10.9. The SMILES string of the molecule is CCNc1cc(C)nc(CN(CC)CCOC)n1. The van der Waals surface area contributed by atoms with Gasteiger partial charge in [0, 0.05) is 32.0 Å². The lowest BCUT2D eigenvalue weighted by molar-refractivity contribution is 0.146. The van der Waals surface area contributed by atoms with Crippen molar-refractivity contribution in [2.75, 3.05) is 38.7 Å². The molecule has 0 aromatic carbocycles. The van der Waals surface area contributed by atoms with Crippen molar-refractivity contribution in [3.8, 4) is 0 Å². The second-order valence-electron chi connectivity index (χ2n) is 4.20. The Hall–Kier alpha value is -1.20. The fourth-order valence-corrected chi connectivity index (χ4v) is 1.74. The van der Waals surface area contributed by atoms with E-state index in [0.29, 0.717) is 0 Å². The number of nitrogens with one attached hydrogen (secondary N) is 1. The topological polar surface area (TPSA) is 50.3 Å². The molecule has 1 rings (SSSR count). The van der Waals surface area contributed by atoms with Gasteiger partial charge in [-0.1, -0.05) is 6.92 Å². The molecule has 5 nitrogen and oxygen atoms in total. The molecule has 0 bridgehead atoms. The summed E-state index contributed by atoms with van der Waals surface area (Å²) in [5, 5.41) is 3.23. The first kappa shape index (κ1) is 14.9. The van der Waals surface area contributed by atoms with Gasteiger partial charge in [-0.15, -0.1) is 0 Å². The van der Waals surface area contributed by atoms with Crippen LogP contribution in [-0.2, 0) is 11.3 Å². The quantitative estimate of drug-likeness (QED) is 0.763. The van der Waals surface area contributed by atoms with E-state index < -0.39 is 0 Å². The van der Waals surface area contributed by atoms with Crippen LogP contribution in [0, 0.1) is 6.92 Å². The molecule has 0 aliphatic heterocycles. The minimum absolute atomic E-state index is 0.736. The maximum Gasteiger partial charge on any atom is 0.144 e. The van der Waals surface area contributed by atoms with Gasteiger partial charge in [0.2, 0.25) is 0 Å². The number of hydrogen-bond acceptors (Lipinski definition) is 5. The molecule has 0 amide bonds. The summed E-state index contributed by atoms with van der Waals surface area (Å²) >= 11 is 0. The summed E-state index contributed by atoms with van der Waals surface area (Å²) in [7, 11) is 1.72. The molecule has 0 fully saturated rings. The Balaban J connectivity index is 2.69. The van der Waals surface area contributed by atoms with Crippen molar-refractivity contribution >= 4 is 5.82 Å². The van der Waals surface area contributed by atoms with Crippen LogP contribution < -0.4 is 5.32 Å². The third-order valence-corrected chi connectivity index (χ3v) is 2.68. The minimum atomic E-state index is 0.736. The Morgan fingerprint density at radius 1 is 1.33 bits per heavy atom. The van der Waals surface area contributed by atoms with Gasteiger partial charge >= 0.3 is 0 Å². The van der Waals surface area contributed by atoms with Crippen LogP contribution in [0.1, 0.15) is 25.4 Å². The zero-order valence-electron chi connectivity index (χ0n) is 11.9. The molecule has 102 valence electrons. The van der Waals surface area contributed by atoms with Gasteiger partial charge in [0.05, 0.1) is 13.2 Å². The highest BCUT2D eigenvalue weighted by Gasteiger charge is 2.07. The van der Waals surface area contributed by atoms with Crippen molar-refractivity contribution in [2.45, 2.75) is 27.3 Å². The third kappa shape index (κ3) is 4.98. The number of ether oxygens (including phenoxy) is 1. The Morgan fingerprint density at radius 3 is 2.72 bits per heavy atom. The molecular weight excluding hydrogens is 228 g/mol. The van der Waals surface area contributed by atoms with Crippen LogP contribution in [-0.4, -0.2) is 48.2 Å². The monoisotopic (exact) mass is 252 g/mol. The molecule has 1 aromatic rings. The fourth-order valence-electron chi connectivity index (χ4n) is 1.74. The molecule has 0 aliphatic rings. The number of aromatic nitrogens is 2. The van der Waals surface area contributed by atoms with Gasteiger partial charge in [-0.3, -0.25) is 4.90 Å². The van der Waals surface area contributed by atoms with Crippen LogP contribution >= 0.6 is 0 Å². The van der Waals surface area contributed by atoms with Gasteiger partial charge in [-0.25, -0.2) is 9.97 Å². The molecule has 1 heterocycles. The van der Waals surface area contributed by atoms with Crippen LogP contribution in [0.3, 0.4) is 0 Å². The first-order valence-corrected chi connectivity index (χ1v) is 6.49. The van der Waals surface area contributed by atoms with Gasteiger partial charge < -0.3 is 10.1 Å². The fraction of sp³-hybridized carbons (Fsp3) is 0.692. The molecule has 0 spiro atoms. The zero-order chi connectivity index (χ0) is 13.4. The van der Waals surface area contributed by atoms with Crippen LogP contribution in [0.15, 0.2) is 6.07 Å². The highest BCUT2D eigenvalue weighted by molar-refractivity contribution is 5.35. The maximum atomic E-state index is 5.10. The molecule has 0 radical (unpaired) electrons. The lowest BCUT2D eigenvalue weighted by Crippen LogP contribution is -2.27. The molecule has 5 heteroatoms. The number of likely N-dealkylation sites (N-methyl/N-ethyl adjacent to an activating group) is 1. The molecule has 0 aliphatic carbocycles. The number of anilines is 1. The summed E-state index contributed by atoms with van der Waals surface area (Å²) < 4.78 is 5.10. The average molecular weight is 252 g/mol. The van der Waals surface area contributed by atoms with Crippen LogP contribution in [0.5, 0.6) is 0 Å². The minimum Gasteiger partial charge on any atom is -0.383 e. The Kier molecular flexibility index (Phi) is 6.60. The molecule has 0 atom stereocenters. The van der Waals surface area contributed by atoms with Crippen LogP contribution in [0.2, 0.25) is 0 Å². The second-order valence-corrected chi connectivity index (χ2v) is 4.20. The number of methoxy groups -OCH3 is 1. The highest BCUT2D eigenvalue weighted by Crippen LogP contribution is 2.07. The summed E-state index contributed by atoms with van der Waals surface area (Å²) in [6.07, 6.45) is 0. The lowest BCUT2D eigenvalue weighted by Gasteiger charge is -2.19. The molecule has 0 saturated carbocycles. The molecule has 1 aromatic heterocycles. The van der Waals surface area contributed by atoms with E-state index in [1.807, 2.05) is 13.0 Å². The van der Waals surface area contributed by atoms with Crippen molar-refractivity contribution in [3.63, 3.8) is 0 Å². The first-order valence-electron chi connectivity index (χ1n) is 6.49. The summed E-state index contributed by atoms with van der Waals surface area (Å²) in [5.41, 5.74) is 0.999. The molecule has 0 saturated heterocycles. The Labute approximate surface area is 110 Å². The average Bonchev–Trinajstić information content (AvgIpc) is 2.34. The number of nitrogens with zero attached hydrogens (tertiary/aromatic N) is 3. The van der Waals surface area contributed by atoms with E-state index >= 15 is 0 Å². The third-order valence-electron chi connectivity index (χ3n) is 2.68. The van der Waals surface area contributed by atoms with Crippen molar-refractivity contribution < 1.29 is 4.74 Å². The lowest BCUT2D eigenvalue weighted by atomic mass is 10.3. The van der Waals surface area contributed by atoms with E-state index in [2.05, 4.69) is 34.0 Å². The number of hydrogen-bond donors (Lipinski definition) is 1.